The third kappa shape index (κ3) is 4.47. The van der Waals surface area contributed by atoms with Crippen molar-refractivity contribution >= 4 is 5.78 Å². The Kier molecular flexibility index (Phi) is 6.06. The fourth-order valence-electron chi connectivity index (χ4n) is 4.54. The van der Waals surface area contributed by atoms with Crippen molar-refractivity contribution < 1.29 is 9.63 Å². The van der Waals surface area contributed by atoms with Crippen LogP contribution in [-0.4, -0.2) is 10.8 Å². The molecular formula is C28H29NO2. The van der Waals surface area contributed by atoms with Crippen molar-refractivity contribution in [2.45, 2.75) is 46.7 Å². The summed E-state index contributed by atoms with van der Waals surface area (Å²) in [7, 11) is 0. The molecule has 1 atom stereocenters. The van der Waals surface area contributed by atoms with Gasteiger partial charge in [-0.3, -0.25) is 4.79 Å². The summed E-state index contributed by atoms with van der Waals surface area (Å²) in [6, 6.07) is 24.6. The van der Waals surface area contributed by atoms with E-state index in [1.54, 1.807) is 6.92 Å². The monoisotopic (exact) mass is 411 g/mol. The molecule has 0 fully saturated rings. The fraction of sp³-hybridized carbons (Fsp3) is 0.250. The van der Waals surface area contributed by atoms with E-state index < -0.39 is 0 Å². The van der Waals surface area contributed by atoms with E-state index in [-0.39, 0.29) is 11.8 Å². The highest BCUT2D eigenvalue weighted by molar-refractivity contribution is 5.95. The zero-order valence-electron chi connectivity index (χ0n) is 18.7. The van der Waals surface area contributed by atoms with Crippen LogP contribution in [0.25, 0.3) is 0 Å². The Labute approximate surface area is 184 Å². The van der Waals surface area contributed by atoms with E-state index in [0.717, 1.165) is 22.5 Å². The van der Waals surface area contributed by atoms with Gasteiger partial charge in [0.15, 0.2) is 5.78 Å². The Morgan fingerprint density at radius 3 is 2.06 bits per heavy atom. The SMILES string of the molecule is CC(=O)C1=C(Cc2ccccc2)ON(Cc2c(C)cc(C)cc2C)[C@H]1c1ccccc1. The van der Waals surface area contributed by atoms with Crippen molar-refractivity contribution in [2.75, 3.05) is 0 Å². The third-order valence-electron chi connectivity index (χ3n) is 5.95. The first-order valence-corrected chi connectivity index (χ1v) is 10.8. The first kappa shape index (κ1) is 21.1. The fourth-order valence-corrected chi connectivity index (χ4v) is 4.54. The molecule has 0 saturated carbocycles. The minimum atomic E-state index is -0.225. The van der Waals surface area contributed by atoms with E-state index in [1.165, 1.54) is 22.3 Å². The van der Waals surface area contributed by atoms with Crippen molar-refractivity contribution in [2.24, 2.45) is 0 Å². The molecule has 0 spiro atoms. The number of benzene rings is 3. The molecule has 0 saturated heterocycles. The molecule has 0 aromatic heterocycles. The van der Waals surface area contributed by atoms with Gasteiger partial charge in [-0.25, -0.2) is 0 Å². The highest BCUT2D eigenvalue weighted by atomic mass is 16.7. The minimum absolute atomic E-state index is 0.0552. The highest BCUT2D eigenvalue weighted by Gasteiger charge is 2.38. The molecular weight excluding hydrogens is 382 g/mol. The van der Waals surface area contributed by atoms with E-state index in [4.69, 9.17) is 4.84 Å². The summed E-state index contributed by atoms with van der Waals surface area (Å²) in [5.74, 6) is 0.801. The number of carbonyl (C=O) groups excluding carboxylic acids is 1. The van der Waals surface area contributed by atoms with Crippen molar-refractivity contribution in [3.8, 4) is 0 Å². The second-order valence-electron chi connectivity index (χ2n) is 8.41. The van der Waals surface area contributed by atoms with Gasteiger partial charge in [-0.2, -0.15) is 0 Å². The second kappa shape index (κ2) is 8.91. The molecule has 0 unspecified atom stereocenters. The molecule has 0 aliphatic carbocycles. The maximum atomic E-state index is 12.8. The molecule has 1 heterocycles. The quantitative estimate of drug-likeness (QED) is 0.485. The Bertz CT molecular complexity index is 1090. The van der Waals surface area contributed by atoms with E-state index in [0.29, 0.717) is 13.0 Å². The molecule has 0 bridgehead atoms. The van der Waals surface area contributed by atoms with Crippen molar-refractivity contribution in [1.29, 1.82) is 0 Å². The molecule has 1 aliphatic rings. The summed E-state index contributed by atoms with van der Waals surface area (Å²) in [6.45, 7) is 8.68. The number of aryl methyl sites for hydroxylation is 3. The molecule has 0 amide bonds. The van der Waals surface area contributed by atoms with Crippen LogP contribution in [0, 0.1) is 20.8 Å². The third-order valence-corrected chi connectivity index (χ3v) is 5.95. The zero-order chi connectivity index (χ0) is 22.0. The predicted octanol–water partition coefficient (Wildman–Crippen LogP) is 6.19. The lowest BCUT2D eigenvalue weighted by Crippen LogP contribution is -2.26. The lowest BCUT2D eigenvalue weighted by molar-refractivity contribution is -0.130. The van der Waals surface area contributed by atoms with Crippen molar-refractivity contribution in [3.63, 3.8) is 0 Å². The number of carbonyl (C=O) groups is 1. The molecule has 3 aromatic rings. The number of rotatable bonds is 6. The van der Waals surface area contributed by atoms with Crippen LogP contribution in [0.1, 0.15) is 46.3 Å². The summed E-state index contributed by atoms with van der Waals surface area (Å²) >= 11 is 0. The normalized spacial score (nSPS) is 16.5. The van der Waals surface area contributed by atoms with Crippen LogP contribution in [0.4, 0.5) is 0 Å². The molecule has 3 aromatic carbocycles. The Morgan fingerprint density at radius 2 is 1.48 bits per heavy atom. The number of hydrogen-bond donors (Lipinski definition) is 0. The van der Waals surface area contributed by atoms with Crippen LogP contribution in [0.2, 0.25) is 0 Å². The van der Waals surface area contributed by atoms with Gasteiger partial charge in [0.2, 0.25) is 0 Å². The van der Waals surface area contributed by atoms with Gasteiger partial charge in [-0.1, -0.05) is 78.4 Å². The molecule has 158 valence electrons. The summed E-state index contributed by atoms with van der Waals surface area (Å²) in [4.78, 5) is 19.3. The Morgan fingerprint density at radius 1 is 0.903 bits per heavy atom. The number of Topliss-reactive ketones (excluding diaryl/α,β-unsaturated/α-hetero) is 1. The molecule has 0 N–H and O–H groups in total. The molecule has 31 heavy (non-hydrogen) atoms. The number of hydrogen-bond acceptors (Lipinski definition) is 3. The average molecular weight is 412 g/mol. The van der Waals surface area contributed by atoms with Crippen LogP contribution in [0.5, 0.6) is 0 Å². The molecule has 3 heteroatoms. The van der Waals surface area contributed by atoms with Gasteiger partial charge in [-0.15, -0.1) is 5.06 Å². The van der Waals surface area contributed by atoms with Gasteiger partial charge in [0.25, 0.3) is 0 Å². The standard InChI is InChI=1S/C28H29NO2/c1-19-15-20(2)25(21(3)16-19)18-29-28(24-13-9-6-10-14-24)27(22(4)30)26(31-29)17-23-11-7-5-8-12-23/h5-16,28H,17-18H2,1-4H3/t28-/m0/s1. The van der Waals surface area contributed by atoms with Gasteiger partial charge in [-0.05, 0) is 55.5 Å². The van der Waals surface area contributed by atoms with Crippen LogP contribution in [0.15, 0.2) is 84.1 Å². The lowest BCUT2D eigenvalue weighted by Gasteiger charge is -2.26. The number of hydroxylamine groups is 2. The smallest absolute Gasteiger partial charge is 0.161 e. The number of nitrogens with zero attached hydrogens (tertiary/aromatic N) is 1. The minimum Gasteiger partial charge on any atom is -0.408 e. The van der Waals surface area contributed by atoms with Gasteiger partial charge in [0.05, 0.1) is 12.1 Å². The number of allylic oxidation sites excluding steroid dienone is 1. The zero-order valence-corrected chi connectivity index (χ0v) is 18.7. The maximum absolute atomic E-state index is 12.8. The maximum Gasteiger partial charge on any atom is 0.161 e. The van der Waals surface area contributed by atoms with Crippen molar-refractivity contribution in [3.05, 3.63) is 118 Å². The molecule has 4 rings (SSSR count). The van der Waals surface area contributed by atoms with Crippen LogP contribution in [-0.2, 0) is 22.6 Å². The van der Waals surface area contributed by atoms with E-state index >= 15 is 0 Å². The first-order valence-electron chi connectivity index (χ1n) is 10.8. The summed E-state index contributed by atoms with van der Waals surface area (Å²) in [5, 5.41) is 1.98. The van der Waals surface area contributed by atoms with E-state index in [2.05, 4.69) is 57.2 Å². The largest absolute Gasteiger partial charge is 0.408 e. The highest BCUT2D eigenvalue weighted by Crippen LogP contribution is 2.41. The van der Waals surface area contributed by atoms with Gasteiger partial charge in [0, 0.05) is 6.42 Å². The summed E-state index contributed by atoms with van der Waals surface area (Å²) in [5.41, 5.74) is 7.94. The summed E-state index contributed by atoms with van der Waals surface area (Å²) in [6.07, 6.45) is 0.599. The van der Waals surface area contributed by atoms with E-state index in [9.17, 15) is 4.79 Å². The Hall–Kier alpha value is -3.17. The average Bonchev–Trinajstić information content (AvgIpc) is 3.10. The Balaban J connectivity index is 1.76. The van der Waals surface area contributed by atoms with E-state index in [1.807, 2.05) is 41.5 Å². The number of ketones is 1. The predicted molar refractivity (Wildman–Crippen MR) is 124 cm³/mol. The van der Waals surface area contributed by atoms with Crippen LogP contribution in [0.3, 0.4) is 0 Å². The molecule has 1 aliphatic heterocycles. The van der Waals surface area contributed by atoms with Gasteiger partial charge < -0.3 is 4.84 Å². The molecule has 0 radical (unpaired) electrons. The first-order chi connectivity index (χ1) is 14.9. The van der Waals surface area contributed by atoms with Gasteiger partial charge in [0.1, 0.15) is 11.8 Å². The van der Waals surface area contributed by atoms with Crippen molar-refractivity contribution in [1.82, 2.24) is 5.06 Å². The molecule has 3 nitrogen and oxygen atoms in total. The topological polar surface area (TPSA) is 29.5 Å². The van der Waals surface area contributed by atoms with Gasteiger partial charge >= 0.3 is 0 Å². The second-order valence-corrected chi connectivity index (χ2v) is 8.41. The van der Waals surface area contributed by atoms with Crippen LogP contribution >= 0.6 is 0 Å². The van der Waals surface area contributed by atoms with Crippen LogP contribution < -0.4 is 0 Å². The summed E-state index contributed by atoms with van der Waals surface area (Å²) < 4.78 is 0. The lowest BCUT2D eigenvalue weighted by atomic mass is 9.93.